The smallest absolute Gasteiger partial charge is 0.0162 e. The first kappa shape index (κ1) is 14.2. The van der Waals surface area contributed by atoms with Crippen molar-refractivity contribution in [2.24, 2.45) is 5.73 Å². The summed E-state index contributed by atoms with van der Waals surface area (Å²) in [6, 6.07) is 8.62. The van der Waals surface area contributed by atoms with Crippen molar-refractivity contribution >= 4 is 0 Å². The van der Waals surface area contributed by atoms with E-state index in [0.717, 1.165) is 25.9 Å². The predicted octanol–water partition coefficient (Wildman–Crippen LogP) is 2.60. The van der Waals surface area contributed by atoms with Crippen molar-refractivity contribution in [3.8, 4) is 0 Å². The molecule has 2 heteroatoms. The summed E-state index contributed by atoms with van der Waals surface area (Å²) in [6.07, 6.45) is 2.15. The molecule has 0 unspecified atom stereocenters. The largest absolute Gasteiger partial charge is 0.330 e. The molecule has 2 N–H and O–H groups in total. The van der Waals surface area contributed by atoms with Gasteiger partial charge in [-0.3, -0.25) is 0 Å². The van der Waals surface area contributed by atoms with Gasteiger partial charge in [-0.1, -0.05) is 24.3 Å². The number of nitrogens with zero attached hydrogens (tertiary/aromatic N) is 1. The molecule has 2 nitrogen and oxygen atoms in total. The van der Waals surface area contributed by atoms with Gasteiger partial charge in [-0.2, -0.15) is 0 Å². The van der Waals surface area contributed by atoms with Crippen molar-refractivity contribution in [2.75, 3.05) is 20.1 Å². The van der Waals surface area contributed by atoms with E-state index in [2.05, 4.69) is 57.0 Å². The molecule has 1 aromatic rings. The maximum atomic E-state index is 5.66. The van der Waals surface area contributed by atoms with E-state index in [-0.39, 0.29) is 5.54 Å². The van der Waals surface area contributed by atoms with E-state index < -0.39 is 0 Å². The Morgan fingerprint density at radius 3 is 2.47 bits per heavy atom. The molecular formula is C15H26N2. The van der Waals surface area contributed by atoms with Crippen molar-refractivity contribution in [1.82, 2.24) is 4.90 Å². The summed E-state index contributed by atoms with van der Waals surface area (Å²) in [7, 11) is 2.19. The van der Waals surface area contributed by atoms with E-state index in [9.17, 15) is 0 Å². The fraction of sp³-hybridized carbons (Fsp3) is 0.600. The third-order valence-electron chi connectivity index (χ3n) is 3.77. The highest BCUT2D eigenvalue weighted by atomic mass is 15.2. The van der Waals surface area contributed by atoms with Gasteiger partial charge in [0.15, 0.2) is 0 Å². The molecule has 1 rings (SSSR count). The van der Waals surface area contributed by atoms with Crippen molar-refractivity contribution < 1.29 is 0 Å². The van der Waals surface area contributed by atoms with Crippen molar-refractivity contribution in [1.29, 1.82) is 0 Å². The fourth-order valence-electron chi connectivity index (χ4n) is 2.03. The van der Waals surface area contributed by atoms with E-state index in [1.54, 1.807) is 0 Å². The van der Waals surface area contributed by atoms with E-state index in [4.69, 9.17) is 5.73 Å². The van der Waals surface area contributed by atoms with Gasteiger partial charge >= 0.3 is 0 Å². The number of rotatable bonds is 6. The lowest BCUT2D eigenvalue weighted by Crippen LogP contribution is -2.43. The van der Waals surface area contributed by atoms with Crippen LogP contribution in [0.1, 0.15) is 31.4 Å². The standard InChI is InChI=1S/C15H26N2/c1-13-7-5-6-8-14(13)9-12-17(4)15(2,3)10-11-16/h5-8H,9-12,16H2,1-4H3. The highest BCUT2D eigenvalue weighted by Crippen LogP contribution is 2.17. The molecule has 0 aliphatic rings. The molecule has 0 radical (unpaired) electrons. The molecule has 96 valence electrons. The monoisotopic (exact) mass is 234 g/mol. The Hall–Kier alpha value is -0.860. The van der Waals surface area contributed by atoms with Crippen LogP contribution in [0.3, 0.4) is 0 Å². The van der Waals surface area contributed by atoms with Gasteiger partial charge in [0.05, 0.1) is 0 Å². The summed E-state index contributed by atoms with van der Waals surface area (Å²) < 4.78 is 0. The zero-order chi connectivity index (χ0) is 12.9. The van der Waals surface area contributed by atoms with Crippen LogP contribution in [-0.4, -0.2) is 30.6 Å². The van der Waals surface area contributed by atoms with Crippen molar-refractivity contribution in [3.05, 3.63) is 35.4 Å². The highest BCUT2D eigenvalue weighted by Gasteiger charge is 2.21. The van der Waals surface area contributed by atoms with E-state index >= 15 is 0 Å². The lowest BCUT2D eigenvalue weighted by Gasteiger charge is -2.35. The number of benzene rings is 1. The first-order valence-electron chi connectivity index (χ1n) is 6.43. The second kappa shape index (κ2) is 6.18. The maximum Gasteiger partial charge on any atom is 0.0162 e. The Balaban J connectivity index is 2.54. The molecule has 0 fully saturated rings. The molecule has 0 aliphatic heterocycles. The van der Waals surface area contributed by atoms with Crippen molar-refractivity contribution in [3.63, 3.8) is 0 Å². The molecule has 1 aromatic carbocycles. The topological polar surface area (TPSA) is 29.3 Å². The lowest BCUT2D eigenvalue weighted by molar-refractivity contribution is 0.150. The molecule has 0 aromatic heterocycles. The van der Waals surface area contributed by atoms with Crippen LogP contribution < -0.4 is 5.73 Å². The van der Waals surface area contributed by atoms with Gasteiger partial charge in [-0.25, -0.2) is 0 Å². The van der Waals surface area contributed by atoms with Crippen LogP contribution >= 0.6 is 0 Å². The van der Waals surface area contributed by atoms with Gasteiger partial charge in [0.25, 0.3) is 0 Å². The van der Waals surface area contributed by atoms with Crippen LogP contribution in [-0.2, 0) is 6.42 Å². The average molecular weight is 234 g/mol. The van der Waals surface area contributed by atoms with E-state index in [0.29, 0.717) is 0 Å². The van der Waals surface area contributed by atoms with Crippen LogP contribution in [0.2, 0.25) is 0 Å². The summed E-state index contributed by atoms with van der Waals surface area (Å²) in [5.74, 6) is 0. The van der Waals surface area contributed by atoms with Gasteiger partial charge < -0.3 is 10.6 Å². The molecule has 0 spiro atoms. The normalized spacial score (nSPS) is 12.1. The van der Waals surface area contributed by atoms with Crippen molar-refractivity contribution in [2.45, 2.75) is 39.2 Å². The van der Waals surface area contributed by atoms with Crippen LogP contribution in [0.25, 0.3) is 0 Å². The zero-order valence-electron chi connectivity index (χ0n) is 11.7. The summed E-state index contributed by atoms with van der Waals surface area (Å²) in [6.45, 7) is 8.54. The number of hydrogen-bond donors (Lipinski definition) is 1. The third-order valence-corrected chi connectivity index (χ3v) is 3.77. The first-order valence-corrected chi connectivity index (χ1v) is 6.43. The Kier molecular flexibility index (Phi) is 5.16. The first-order chi connectivity index (χ1) is 7.97. The Bertz CT molecular complexity index is 345. The molecule has 0 heterocycles. The van der Waals surface area contributed by atoms with Gasteiger partial charge in [0.2, 0.25) is 0 Å². The minimum atomic E-state index is 0.192. The van der Waals surface area contributed by atoms with Crippen LogP contribution in [0.4, 0.5) is 0 Å². The molecule has 17 heavy (non-hydrogen) atoms. The maximum absolute atomic E-state index is 5.66. The van der Waals surface area contributed by atoms with Crippen LogP contribution in [0.5, 0.6) is 0 Å². The lowest BCUT2D eigenvalue weighted by atomic mass is 9.97. The highest BCUT2D eigenvalue weighted by molar-refractivity contribution is 5.25. The Morgan fingerprint density at radius 1 is 1.24 bits per heavy atom. The molecule has 0 bridgehead atoms. The number of aryl methyl sites for hydroxylation is 1. The van der Waals surface area contributed by atoms with E-state index in [1.165, 1.54) is 11.1 Å². The predicted molar refractivity (Wildman–Crippen MR) is 75.3 cm³/mol. The summed E-state index contributed by atoms with van der Waals surface area (Å²) in [4.78, 5) is 2.41. The Labute approximate surface area is 106 Å². The molecule has 0 aliphatic carbocycles. The second-order valence-electron chi connectivity index (χ2n) is 5.45. The Morgan fingerprint density at radius 2 is 1.88 bits per heavy atom. The van der Waals surface area contributed by atoms with Gasteiger partial charge in [0, 0.05) is 12.1 Å². The quantitative estimate of drug-likeness (QED) is 0.820. The SMILES string of the molecule is Cc1ccccc1CCN(C)C(C)(C)CCN. The third kappa shape index (κ3) is 4.14. The fourth-order valence-corrected chi connectivity index (χ4v) is 2.03. The molecule has 0 atom stereocenters. The van der Waals surface area contributed by atoms with Crippen LogP contribution in [0, 0.1) is 6.92 Å². The summed E-state index contributed by atoms with van der Waals surface area (Å²) in [5.41, 5.74) is 8.68. The van der Waals surface area contributed by atoms with E-state index in [1.807, 2.05) is 0 Å². The molecule has 0 amide bonds. The number of likely N-dealkylation sites (N-methyl/N-ethyl adjacent to an activating group) is 1. The number of nitrogens with two attached hydrogens (primary N) is 1. The average Bonchev–Trinajstić information content (AvgIpc) is 2.27. The minimum Gasteiger partial charge on any atom is -0.330 e. The molecule has 0 saturated carbocycles. The number of hydrogen-bond acceptors (Lipinski definition) is 2. The zero-order valence-corrected chi connectivity index (χ0v) is 11.7. The molecule has 0 saturated heterocycles. The second-order valence-corrected chi connectivity index (χ2v) is 5.45. The van der Waals surface area contributed by atoms with Gasteiger partial charge in [0.1, 0.15) is 0 Å². The summed E-state index contributed by atoms with van der Waals surface area (Å²) in [5, 5.41) is 0. The molecular weight excluding hydrogens is 208 g/mol. The summed E-state index contributed by atoms with van der Waals surface area (Å²) >= 11 is 0. The van der Waals surface area contributed by atoms with Gasteiger partial charge in [-0.05, 0) is 58.3 Å². The van der Waals surface area contributed by atoms with Crippen LogP contribution in [0.15, 0.2) is 24.3 Å². The minimum absolute atomic E-state index is 0.192. The van der Waals surface area contributed by atoms with Gasteiger partial charge in [-0.15, -0.1) is 0 Å².